The molecule has 0 atom stereocenters. The quantitative estimate of drug-likeness (QED) is 0.783. The van der Waals surface area contributed by atoms with Crippen LogP contribution in [0.25, 0.3) is 0 Å². The van der Waals surface area contributed by atoms with Crippen LogP contribution in [0.4, 0.5) is 0 Å². The van der Waals surface area contributed by atoms with Crippen molar-refractivity contribution in [3.05, 3.63) is 16.5 Å². The Morgan fingerprint density at radius 3 is 2.63 bits per heavy atom. The van der Waals surface area contributed by atoms with Gasteiger partial charge in [-0.05, 0) is 28.8 Å². The molecule has 1 aliphatic carbocycles. The van der Waals surface area contributed by atoms with Gasteiger partial charge in [0.2, 0.25) is 5.76 Å². The summed E-state index contributed by atoms with van der Waals surface area (Å²) in [6.07, 6.45) is 3.47. The second-order valence-electron chi connectivity index (χ2n) is 4.16. The van der Waals surface area contributed by atoms with Crippen LogP contribution in [-0.2, 0) is 14.9 Å². The minimum Gasteiger partial charge on any atom is -0.475 e. The summed E-state index contributed by atoms with van der Waals surface area (Å²) in [6.45, 7) is 0. The predicted molar refractivity (Wildman–Crippen MR) is 67.0 cm³/mol. The molecule has 0 amide bonds. The molecule has 0 saturated heterocycles. The van der Waals surface area contributed by atoms with Crippen LogP contribution in [-0.4, -0.2) is 25.6 Å². The molecule has 19 heavy (non-hydrogen) atoms. The Bertz CT molecular complexity index is 575. The van der Waals surface area contributed by atoms with E-state index >= 15 is 0 Å². The van der Waals surface area contributed by atoms with Crippen molar-refractivity contribution in [3.8, 4) is 0 Å². The molecule has 2 rings (SSSR count). The molecule has 1 aromatic rings. The Kier molecular flexibility index (Phi) is 4.29. The van der Waals surface area contributed by atoms with Gasteiger partial charge in [0, 0.05) is 6.07 Å². The molecule has 106 valence electrons. The highest BCUT2D eigenvalue weighted by Crippen LogP contribution is 2.27. The lowest BCUT2D eigenvalue weighted by molar-refractivity contribution is 0.0223. The van der Waals surface area contributed by atoms with E-state index in [9.17, 15) is 13.2 Å². The van der Waals surface area contributed by atoms with Crippen molar-refractivity contribution in [2.24, 2.45) is 0 Å². The Hall–Kier alpha value is -0.900. The maximum Gasteiger partial charge on any atom is 0.371 e. The molecule has 1 aliphatic rings. The first-order valence-electron chi connectivity index (χ1n) is 5.60. The molecule has 1 heterocycles. The zero-order valence-corrected chi connectivity index (χ0v) is 12.2. The summed E-state index contributed by atoms with van der Waals surface area (Å²) >= 11 is 2.87. The molecular weight excluding hydrogens is 342 g/mol. The van der Waals surface area contributed by atoms with E-state index in [1.54, 1.807) is 0 Å². The highest BCUT2D eigenvalue weighted by Gasteiger charge is 2.26. The zero-order chi connectivity index (χ0) is 14.0. The zero-order valence-electron chi connectivity index (χ0n) is 9.76. The van der Waals surface area contributed by atoms with Crippen molar-refractivity contribution in [1.82, 2.24) is 4.89 Å². The third kappa shape index (κ3) is 3.35. The van der Waals surface area contributed by atoms with Crippen LogP contribution in [0, 0.1) is 0 Å². The lowest BCUT2D eigenvalue weighted by Crippen LogP contribution is -2.28. The lowest BCUT2D eigenvalue weighted by atomic mass is 10.3. The van der Waals surface area contributed by atoms with E-state index in [0.29, 0.717) is 0 Å². The largest absolute Gasteiger partial charge is 0.475 e. The van der Waals surface area contributed by atoms with Gasteiger partial charge in [0.05, 0.1) is 6.10 Å². The number of rotatable bonds is 5. The lowest BCUT2D eigenvalue weighted by Gasteiger charge is -2.11. The Morgan fingerprint density at radius 1 is 1.47 bits per heavy atom. The van der Waals surface area contributed by atoms with E-state index in [1.165, 1.54) is 0 Å². The fourth-order valence-corrected chi connectivity index (χ4v) is 3.62. The second kappa shape index (κ2) is 5.61. The van der Waals surface area contributed by atoms with Crippen molar-refractivity contribution in [3.63, 3.8) is 0 Å². The molecule has 7 nitrogen and oxygen atoms in total. The number of sulfonamides is 1. The molecule has 2 N–H and O–H groups in total. The van der Waals surface area contributed by atoms with E-state index in [1.807, 2.05) is 4.89 Å². The summed E-state index contributed by atoms with van der Waals surface area (Å²) in [5.74, 6) is -1.81. The average Bonchev–Trinajstić information content (AvgIpc) is 2.95. The van der Waals surface area contributed by atoms with Gasteiger partial charge in [-0.25, -0.2) is 13.2 Å². The summed E-state index contributed by atoms with van der Waals surface area (Å²) < 4.78 is 28.5. The number of hydrogen-bond acceptors (Lipinski definition) is 5. The second-order valence-corrected chi connectivity index (χ2v) is 6.50. The first-order chi connectivity index (χ1) is 8.90. The number of furan rings is 1. The molecule has 0 spiro atoms. The molecule has 0 aromatic carbocycles. The third-order valence-corrected chi connectivity index (χ3v) is 4.83. The van der Waals surface area contributed by atoms with Gasteiger partial charge in [0.1, 0.15) is 4.90 Å². The molecule has 1 saturated carbocycles. The number of hydrogen-bond donors (Lipinski definition) is 2. The van der Waals surface area contributed by atoms with Gasteiger partial charge >= 0.3 is 5.97 Å². The number of nitrogens with one attached hydrogen (secondary N) is 1. The number of carboxylic acids is 1. The predicted octanol–water partition coefficient (Wildman–Crippen LogP) is 1.89. The summed E-state index contributed by atoms with van der Waals surface area (Å²) in [6, 6.07) is 0.923. The van der Waals surface area contributed by atoms with Gasteiger partial charge < -0.3 is 9.52 Å². The van der Waals surface area contributed by atoms with Crippen molar-refractivity contribution in [2.75, 3.05) is 0 Å². The fraction of sp³-hybridized carbons (Fsp3) is 0.500. The molecular formula is C10H12BrNO6S. The Morgan fingerprint density at radius 2 is 2.11 bits per heavy atom. The third-order valence-electron chi connectivity index (χ3n) is 2.78. The summed E-state index contributed by atoms with van der Waals surface area (Å²) in [5, 5.41) is 8.73. The fourth-order valence-electron chi connectivity index (χ4n) is 1.82. The van der Waals surface area contributed by atoms with Crippen LogP contribution in [0.15, 0.2) is 20.0 Å². The van der Waals surface area contributed by atoms with E-state index < -0.39 is 21.8 Å². The van der Waals surface area contributed by atoms with Gasteiger partial charge in [0.15, 0.2) is 4.67 Å². The normalized spacial score (nSPS) is 16.9. The van der Waals surface area contributed by atoms with Crippen molar-refractivity contribution >= 4 is 31.9 Å². The van der Waals surface area contributed by atoms with Crippen LogP contribution < -0.4 is 4.89 Å². The number of aromatic carboxylic acids is 1. The van der Waals surface area contributed by atoms with E-state index in [-0.39, 0.29) is 15.7 Å². The minimum atomic E-state index is -3.97. The molecule has 0 radical (unpaired) electrons. The summed E-state index contributed by atoms with van der Waals surface area (Å²) in [5.41, 5.74) is 0. The maximum atomic E-state index is 11.9. The molecule has 1 fully saturated rings. The number of carbonyl (C=O) groups is 1. The van der Waals surface area contributed by atoms with Gasteiger partial charge in [0.25, 0.3) is 10.0 Å². The van der Waals surface area contributed by atoms with Crippen LogP contribution in [0.5, 0.6) is 0 Å². The smallest absolute Gasteiger partial charge is 0.371 e. The highest BCUT2D eigenvalue weighted by molar-refractivity contribution is 9.10. The Balaban J connectivity index is 2.12. The van der Waals surface area contributed by atoms with Crippen LogP contribution in [0.3, 0.4) is 0 Å². The minimum absolute atomic E-state index is 0.139. The van der Waals surface area contributed by atoms with Crippen LogP contribution in [0.2, 0.25) is 0 Å². The van der Waals surface area contributed by atoms with Crippen LogP contribution in [0.1, 0.15) is 36.2 Å². The van der Waals surface area contributed by atoms with Gasteiger partial charge in [-0.1, -0.05) is 17.7 Å². The Labute approximate surface area is 118 Å². The van der Waals surface area contributed by atoms with Gasteiger partial charge in [-0.15, -0.1) is 0 Å². The molecule has 0 aliphatic heterocycles. The average molecular weight is 354 g/mol. The first kappa shape index (κ1) is 14.5. The van der Waals surface area contributed by atoms with E-state index in [4.69, 9.17) is 14.4 Å². The SMILES string of the molecule is O=C(O)c1cc(S(=O)(=O)NOC2CCCC2)c(Br)o1. The molecule has 0 unspecified atom stereocenters. The number of halogens is 1. The maximum absolute atomic E-state index is 11.9. The summed E-state index contributed by atoms with van der Waals surface area (Å²) in [4.78, 5) is 17.5. The van der Waals surface area contributed by atoms with Crippen molar-refractivity contribution in [2.45, 2.75) is 36.7 Å². The summed E-state index contributed by atoms with van der Waals surface area (Å²) in [7, 11) is -3.97. The van der Waals surface area contributed by atoms with Crippen LogP contribution >= 0.6 is 15.9 Å². The monoisotopic (exact) mass is 353 g/mol. The highest BCUT2D eigenvalue weighted by atomic mass is 79.9. The van der Waals surface area contributed by atoms with E-state index in [0.717, 1.165) is 31.7 Å². The molecule has 9 heteroatoms. The van der Waals surface area contributed by atoms with Crippen molar-refractivity contribution < 1.29 is 27.6 Å². The first-order valence-corrected chi connectivity index (χ1v) is 7.88. The number of carboxylic acid groups (broad SMARTS) is 1. The van der Waals surface area contributed by atoms with E-state index in [2.05, 4.69) is 15.9 Å². The van der Waals surface area contributed by atoms with Gasteiger partial charge in [-0.3, -0.25) is 4.84 Å². The molecule has 1 aromatic heterocycles. The van der Waals surface area contributed by atoms with Gasteiger partial charge in [-0.2, -0.15) is 0 Å². The van der Waals surface area contributed by atoms with Crippen molar-refractivity contribution in [1.29, 1.82) is 0 Å². The molecule has 0 bridgehead atoms. The topological polar surface area (TPSA) is 106 Å². The standard InChI is InChI=1S/C10H12BrNO6S/c11-9-8(5-7(17-9)10(13)14)19(15,16)12-18-6-3-1-2-4-6/h5-6,12H,1-4H2,(H,13,14).